The Labute approximate surface area is 177 Å². The minimum Gasteiger partial charge on any atom is -0.486 e. The van der Waals surface area contributed by atoms with E-state index in [1.54, 1.807) is 24.8 Å². The first-order chi connectivity index (χ1) is 15.0. The normalized spacial score (nSPS) is 20.7. The molecule has 2 aliphatic heterocycles. The van der Waals surface area contributed by atoms with Gasteiger partial charge in [0.05, 0.1) is 23.1 Å². The maximum atomic E-state index is 14.2. The molecule has 1 unspecified atom stereocenters. The largest absolute Gasteiger partial charge is 0.486 e. The van der Waals surface area contributed by atoms with E-state index >= 15 is 0 Å². The van der Waals surface area contributed by atoms with Crippen molar-refractivity contribution in [3.05, 3.63) is 58.3 Å². The van der Waals surface area contributed by atoms with Crippen LogP contribution in [0.5, 0.6) is 5.75 Å². The van der Waals surface area contributed by atoms with E-state index in [0.717, 1.165) is 37.8 Å². The topological polar surface area (TPSA) is 72.3 Å². The van der Waals surface area contributed by atoms with E-state index in [9.17, 15) is 13.6 Å². The monoisotopic (exact) mass is 427 g/mol. The Kier molecular flexibility index (Phi) is 5.05. The Morgan fingerprint density at radius 2 is 2.19 bits per heavy atom. The molecule has 1 saturated heterocycles. The van der Waals surface area contributed by atoms with E-state index in [-0.39, 0.29) is 35.3 Å². The van der Waals surface area contributed by atoms with Gasteiger partial charge >= 0.3 is 0 Å². The zero-order chi connectivity index (χ0) is 21.5. The molecule has 162 valence electrons. The third-order valence-corrected chi connectivity index (χ3v) is 6.06. The number of pyridine rings is 1. The number of rotatable bonds is 4. The summed E-state index contributed by atoms with van der Waals surface area (Å²) < 4.78 is 35.6. The quantitative estimate of drug-likeness (QED) is 0.691. The lowest BCUT2D eigenvalue weighted by Crippen LogP contribution is -2.46. The number of halogens is 2. The van der Waals surface area contributed by atoms with Crippen LogP contribution in [0.3, 0.4) is 0 Å². The first-order valence-electron chi connectivity index (χ1n) is 10.5. The van der Waals surface area contributed by atoms with Crippen LogP contribution in [-0.2, 0) is 6.54 Å². The molecule has 1 fully saturated rings. The van der Waals surface area contributed by atoms with Crippen LogP contribution in [-0.4, -0.2) is 40.3 Å². The van der Waals surface area contributed by atoms with E-state index in [1.807, 2.05) is 11.5 Å². The number of anilines is 1. The molecule has 2 aromatic heterocycles. The predicted octanol–water partition coefficient (Wildman–Crippen LogP) is 2.78. The SMILES string of the molecule is CC1COc2c(F)c(F)cc3c(=O)c(CN[C@H]4CCCN(c5cnccn5)C4)cn1c23. The summed E-state index contributed by atoms with van der Waals surface area (Å²) >= 11 is 0. The van der Waals surface area contributed by atoms with Gasteiger partial charge in [-0.05, 0) is 25.8 Å². The lowest BCUT2D eigenvalue weighted by molar-refractivity contribution is 0.233. The van der Waals surface area contributed by atoms with Gasteiger partial charge in [0, 0.05) is 49.8 Å². The Bertz CT molecular complexity index is 1180. The average Bonchev–Trinajstić information content (AvgIpc) is 2.80. The second kappa shape index (κ2) is 7.88. The van der Waals surface area contributed by atoms with Gasteiger partial charge in [0.15, 0.2) is 17.0 Å². The molecule has 2 atom stereocenters. The molecule has 3 aromatic rings. The first-order valence-corrected chi connectivity index (χ1v) is 10.5. The summed E-state index contributed by atoms with van der Waals surface area (Å²) in [6.07, 6.45) is 8.79. The fourth-order valence-electron chi connectivity index (χ4n) is 4.44. The molecule has 2 aliphatic rings. The number of piperidine rings is 1. The highest BCUT2D eigenvalue weighted by molar-refractivity contribution is 5.86. The number of ether oxygens (including phenoxy) is 1. The predicted molar refractivity (Wildman–Crippen MR) is 112 cm³/mol. The molecule has 0 bridgehead atoms. The van der Waals surface area contributed by atoms with E-state index < -0.39 is 11.6 Å². The molecule has 0 radical (unpaired) electrons. The van der Waals surface area contributed by atoms with Gasteiger partial charge in [0.1, 0.15) is 12.4 Å². The van der Waals surface area contributed by atoms with Crippen LogP contribution in [0.25, 0.3) is 10.9 Å². The number of nitrogens with one attached hydrogen (secondary N) is 1. The molecule has 0 amide bonds. The summed E-state index contributed by atoms with van der Waals surface area (Å²) in [6.45, 7) is 4.15. The minimum absolute atomic E-state index is 0.0963. The van der Waals surface area contributed by atoms with Crippen LogP contribution < -0.4 is 20.4 Å². The number of nitrogens with zero attached hydrogens (tertiary/aromatic N) is 4. The van der Waals surface area contributed by atoms with E-state index in [1.165, 1.54) is 0 Å². The Morgan fingerprint density at radius 3 is 3.00 bits per heavy atom. The smallest absolute Gasteiger partial charge is 0.202 e. The van der Waals surface area contributed by atoms with Crippen LogP contribution in [0, 0.1) is 11.6 Å². The summed E-state index contributed by atoms with van der Waals surface area (Å²) in [4.78, 5) is 23.8. The summed E-state index contributed by atoms with van der Waals surface area (Å²) in [5.74, 6) is -1.47. The molecule has 1 N–H and O–H groups in total. The van der Waals surface area contributed by atoms with Crippen molar-refractivity contribution in [2.24, 2.45) is 0 Å². The zero-order valence-corrected chi connectivity index (χ0v) is 17.1. The maximum absolute atomic E-state index is 14.2. The Balaban J connectivity index is 1.42. The lowest BCUT2D eigenvalue weighted by atomic mass is 10.0. The van der Waals surface area contributed by atoms with Crippen molar-refractivity contribution < 1.29 is 13.5 Å². The molecular weight excluding hydrogens is 404 g/mol. The van der Waals surface area contributed by atoms with Gasteiger partial charge in [-0.2, -0.15) is 4.39 Å². The van der Waals surface area contributed by atoms with Gasteiger partial charge < -0.3 is 19.5 Å². The van der Waals surface area contributed by atoms with Crippen molar-refractivity contribution in [2.75, 3.05) is 24.6 Å². The third kappa shape index (κ3) is 3.52. The minimum atomic E-state index is -1.07. The summed E-state index contributed by atoms with van der Waals surface area (Å²) in [6, 6.07) is 1.06. The molecule has 1 aromatic carbocycles. The number of hydrogen-bond acceptors (Lipinski definition) is 6. The zero-order valence-electron chi connectivity index (χ0n) is 17.1. The van der Waals surface area contributed by atoms with Crippen molar-refractivity contribution in [3.8, 4) is 5.75 Å². The standard InChI is InChI=1S/C22H23F2N5O2/c1-13-12-31-22-19(24)17(23)7-16-20(22)29(13)10-14(21(16)30)8-27-15-3-2-6-28(11-15)18-9-25-4-5-26-18/h4-5,7,9-10,13,15,27H,2-3,6,8,11-12H2,1H3/t13?,15-/m0/s1. The van der Waals surface area contributed by atoms with Gasteiger partial charge in [-0.1, -0.05) is 0 Å². The van der Waals surface area contributed by atoms with E-state index in [2.05, 4.69) is 20.2 Å². The van der Waals surface area contributed by atoms with Gasteiger partial charge in [0.25, 0.3) is 0 Å². The van der Waals surface area contributed by atoms with Crippen LogP contribution >= 0.6 is 0 Å². The summed E-state index contributed by atoms with van der Waals surface area (Å²) in [7, 11) is 0. The molecule has 4 heterocycles. The van der Waals surface area contributed by atoms with Gasteiger partial charge in [-0.15, -0.1) is 0 Å². The highest BCUT2D eigenvalue weighted by Gasteiger charge is 2.27. The third-order valence-electron chi connectivity index (χ3n) is 6.06. The number of benzene rings is 1. The average molecular weight is 427 g/mol. The fourth-order valence-corrected chi connectivity index (χ4v) is 4.44. The van der Waals surface area contributed by atoms with Crippen LogP contribution in [0.2, 0.25) is 0 Å². The maximum Gasteiger partial charge on any atom is 0.202 e. The van der Waals surface area contributed by atoms with Gasteiger partial charge in [-0.3, -0.25) is 9.78 Å². The second-order valence-electron chi connectivity index (χ2n) is 8.18. The van der Waals surface area contributed by atoms with Crippen LogP contribution in [0.4, 0.5) is 14.6 Å². The first kappa shape index (κ1) is 19.9. The van der Waals surface area contributed by atoms with Crippen molar-refractivity contribution in [3.63, 3.8) is 0 Å². The fraction of sp³-hybridized carbons (Fsp3) is 0.409. The van der Waals surface area contributed by atoms with Crippen molar-refractivity contribution >= 4 is 16.7 Å². The van der Waals surface area contributed by atoms with Crippen LogP contribution in [0.15, 0.2) is 35.6 Å². The number of aromatic nitrogens is 3. The molecule has 0 saturated carbocycles. The van der Waals surface area contributed by atoms with Crippen molar-refractivity contribution in [1.82, 2.24) is 19.9 Å². The molecule has 7 nitrogen and oxygen atoms in total. The molecule has 0 spiro atoms. The summed E-state index contributed by atoms with van der Waals surface area (Å²) in [5, 5.41) is 3.61. The summed E-state index contributed by atoms with van der Waals surface area (Å²) in [5.41, 5.74) is 0.533. The molecule has 31 heavy (non-hydrogen) atoms. The lowest BCUT2D eigenvalue weighted by Gasteiger charge is -2.34. The van der Waals surface area contributed by atoms with E-state index in [4.69, 9.17) is 4.74 Å². The Morgan fingerprint density at radius 1 is 1.32 bits per heavy atom. The van der Waals surface area contributed by atoms with E-state index in [0.29, 0.717) is 17.6 Å². The molecule has 5 rings (SSSR count). The second-order valence-corrected chi connectivity index (χ2v) is 8.18. The highest BCUT2D eigenvalue weighted by atomic mass is 19.2. The van der Waals surface area contributed by atoms with Crippen molar-refractivity contribution in [1.29, 1.82) is 0 Å². The van der Waals surface area contributed by atoms with Gasteiger partial charge in [-0.25, -0.2) is 9.37 Å². The van der Waals surface area contributed by atoms with Crippen molar-refractivity contribution in [2.45, 2.75) is 38.4 Å². The Hall–Kier alpha value is -3.07. The molecular formula is C22H23F2N5O2. The molecule has 0 aliphatic carbocycles. The number of hydrogen-bond donors (Lipinski definition) is 1. The van der Waals surface area contributed by atoms with Gasteiger partial charge in [0.2, 0.25) is 5.82 Å². The molecule has 9 heteroatoms. The highest BCUT2D eigenvalue weighted by Crippen LogP contribution is 2.35. The van der Waals surface area contributed by atoms with Crippen LogP contribution in [0.1, 0.15) is 31.4 Å².